The lowest BCUT2D eigenvalue weighted by molar-refractivity contribution is 0.0938. The van der Waals surface area contributed by atoms with Crippen LogP contribution in [0, 0.1) is 5.92 Å². The summed E-state index contributed by atoms with van der Waals surface area (Å²) >= 11 is 0. The molecule has 1 aliphatic rings. The molecule has 7 nitrogen and oxygen atoms in total. The highest BCUT2D eigenvalue weighted by molar-refractivity contribution is 5.98. The van der Waals surface area contributed by atoms with Gasteiger partial charge in [-0.3, -0.25) is 14.6 Å². The molecular formula is C28H33N5O2. The molecule has 3 aromatic rings. The standard InChI is InChI=1S/C28H33N5O2/c1-33-13-11-22(12-14-33)18-32-28(35)23-9-7-20(8-10-23)15-24-16-26(25(19-30-24)27(29)34)31-17-21-5-3-2-4-6-21/h2-10,16,19,22H,11-15,17-18H2,1H3,(H2,29,34)(H,30,31)(H,32,35). The van der Waals surface area contributed by atoms with Crippen molar-refractivity contribution in [3.8, 4) is 0 Å². The van der Waals surface area contributed by atoms with E-state index < -0.39 is 5.91 Å². The Balaban J connectivity index is 1.36. The van der Waals surface area contributed by atoms with Crippen LogP contribution < -0.4 is 16.4 Å². The minimum atomic E-state index is -0.518. The van der Waals surface area contributed by atoms with Crippen LogP contribution in [0.15, 0.2) is 66.9 Å². The van der Waals surface area contributed by atoms with Gasteiger partial charge in [0, 0.05) is 37.0 Å². The molecule has 0 aliphatic carbocycles. The zero-order valence-corrected chi connectivity index (χ0v) is 20.2. The van der Waals surface area contributed by atoms with E-state index in [2.05, 4.69) is 27.6 Å². The van der Waals surface area contributed by atoms with Crippen molar-refractivity contribution in [3.63, 3.8) is 0 Å². The number of carbonyl (C=O) groups excluding carboxylic acids is 2. The lowest BCUT2D eigenvalue weighted by Gasteiger charge is -2.28. The second-order valence-corrected chi connectivity index (χ2v) is 9.26. The average molecular weight is 472 g/mol. The highest BCUT2D eigenvalue weighted by Gasteiger charge is 2.17. The van der Waals surface area contributed by atoms with Crippen LogP contribution in [-0.2, 0) is 13.0 Å². The van der Waals surface area contributed by atoms with Crippen LogP contribution in [0.2, 0.25) is 0 Å². The molecule has 1 saturated heterocycles. The van der Waals surface area contributed by atoms with E-state index in [1.165, 1.54) is 6.20 Å². The molecule has 0 unspecified atom stereocenters. The fraction of sp³-hybridized carbons (Fsp3) is 0.321. The summed E-state index contributed by atoms with van der Waals surface area (Å²) in [6.07, 6.45) is 4.35. The molecule has 7 heteroatoms. The van der Waals surface area contributed by atoms with Gasteiger partial charge in [-0.1, -0.05) is 42.5 Å². The van der Waals surface area contributed by atoms with E-state index in [0.717, 1.165) is 49.3 Å². The third-order valence-electron chi connectivity index (χ3n) is 6.54. The molecule has 4 rings (SSSR count). The zero-order chi connectivity index (χ0) is 24.6. The average Bonchev–Trinajstić information content (AvgIpc) is 2.88. The zero-order valence-electron chi connectivity index (χ0n) is 20.2. The summed E-state index contributed by atoms with van der Waals surface area (Å²) in [5.74, 6) is -0.00407. The van der Waals surface area contributed by atoms with Crippen LogP contribution in [0.1, 0.15) is 50.4 Å². The fourth-order valence-electron chi connectivity index (χ4n) is 4.32. The SMILES string of the molecule is CN1CCC(CNC(=O)c2ccc(Cc3cc(NCc4ccccc4)c(C(N)=O)cn3)cc2)CC1. The normalized spacial score (nSPS) is 14.4. The van der Waals surface area contributed by atoms with Crippen molar-refractivity contribution in [2.24, 2.45) is 11.7 Å². The maximum absolute atomic E-state index is 12.6. The molecule has 0 bridgehead atoms. The molecule has 0 saturated carbocycles. The molecule has 0 atom stereocenters. The van der Waals surface area contributed by atoms with Crippen molar-refractivity contribution in [2.75, 3.05) is 32.0 Å². The molecule has 2 aromatic carbocycles. The third-order valence-corrected chi connectivity index (χ3v) is 6.54. The Labute approximate surface area is 206 Å². The maximum Gasteiger partial charge on any atom is 0.252 e. The van der Waals surface area contributed by atoms with Gasteiger partial charge in [0.05, 0.1) is 11.3 Å². The van der Waals surface area contributed by atoms with Gasteiger partial charge in [0.1, 0.15) is 0 Å². The quantitative estimate of drug-likeness (QED) is 0.444. The molecule has 35 heavy (non-hydrogen) atoms. The predicted molar refractivity (Wildman–Crippen MR) is 138 cm³/mol. The Morgan fingerprint density at radius 3 is 2.43 bits per heavy atom. The molecule has 2 amide bonds. The molecule has 182 valence electrons. The van der Waals surface area contributed by atoms with Gasteiger partial charge in [-0.25, -0.2) is 0 Å². The Kier molecular flexibility index (Phi) is 8.11. The first kappa shape index (κ1) is 24.4. The van der Waals surface area contributed by atoms with E-state index in [0.29, 0.717) is 35.7 Å². The third kappa shape index (κ3) is 6.90. The van der Waals surface area contributed by atoms with E-state index in [1.54, 1.807) is 0 Å². The summed E-state index contributed by atoms with van der Waals surface area (Å²) < 4.78 is 0. The number of carbonyl (C=O) groups is 2. The number of primary amides is 1. The summed E-state index contributed by atoms with van der Waals surface area (Å²) in [5.41, 5.74) is 10.2. The van der Waals surface area contributed by atoms with Gasteiger partial charge in [-0.15, -0.1) is 0 Å². The number of nitrogens with zero attached hydrogens (tertiary/aromatic N) is 2. The number of benzene rings is 2. The maximum atomic E-state index is 12.6. The predicted octanol–water partition coefficient (Wildman–Crippen LogP) is 3.46. The minimum absolute atomic E-state index is 0.0354. The van der Waals surface area contributed by atoms with Crippen LogP contribution in [0.5, 0.6) is 0 Å². The van der Waals surface area contributed by atoms with E-state index in [4.69, 9.17) is 5.73 Å². The van der Waals surface area contributed by atoms with Crippen LogP contribution >= 0.6 is 0 Å². The molecular weight excluding hydrogens is 438 g/mol. The Hall–Kier alpha value is -3.71. The Morgan fingerprint density at radius 2 is 1.74 bits per heavy atom. The van der Waals surface area contributed by atoms with Crippen LogP contribution in [-0.4, -0.2) is 48.4 Å². The number of piperidine rings is 1. The van der Waals surface area contributed by atoms with E-state index in [1.807, 2.05) is 60.7 Å². The van der Waals surface area contributed by atoms with Gasteiger partial charge in [0.25, 0.3) is 11.8 Å². The Bertz CT molecular complexity index is 1140. The van der Waals surface area contributed by atoms with Crippen LogP contribution in [0.3, 0.4) is 0 Å². The number of likely N-dealkylation sites (tertiary alicyclic amines) is 1. The Morgan fingerprint density at radius 1 is 1.03 bits per heavy atom. The van der Waals surface area contributed by atoms with Crippen molar-refractivity contribution < 1.29 is 9.59 Å². The van der Waals surface area contributed by atoms with Gasteiger partial charge in [0.2, 0.25) is 0 Å². The van der Waals surface area contributed by atoms with Crippen molar-refractivity contribution in [3.05, 3.63) is 94.8 Å². The smallest absolute Gasteiger partial charge is 0.252 e. The van der Waals surface area contributed by atoms with E-state index in [-0.39, 0.29) is 5.91 Å². The number of pyridine rings is 1. The highest BCUT2D eigenvalue weighted by Crippen LogP contribution is 2.19. The molecule has 1 aliphatic heterocycles. The second kappa shape index (κ2) is 11.6. The number of hydrogen-bond donors (Lipinski definition) is 3. The van der Waals surface area contributed by atoms with Gasteiger partial charge < -0.3 is 21.3 Å². The molecule has 1 fully saturated rings. The molecule has 4 N–H and O–H groups in total. The van der Waals surface area contributed by atoms with Crippen LogP contribution in [0.4, 0.5) is 5.69 Å². The van der Waals surface area contributed by atoms with Crippen molar-refractivity contribution in [2.45, 2.75) is 25.8 Å². The van der Waals surface area contributed by atoms with Gasteiger partial charge in [-0.2, -0.15) is 0 Å². The number of amides is 2. The van der Waals surface area contributed by atoms with Crippen molar-refractivity contribution in [1.82, 2.24) is 15.2 Å². The summed E-state index contributed by atoms with van der Waals surface area (Å²) in [7, 11) is 2.14. The van der Waals surface area contributed by atoms with Gasteiger partial charge in [-0.05, 0) is 68.2 Å². The first-order valence-electron chi connectivity index (χ1n) is 12.1. The molecule has 2 heterocycles. The fourth-order valence-corrected chi connectivity index (χ4v) is 4.32. The second-order valence-electron chi connectivity index (χ2n) is 9.26. The highest BCUT2D eigenvalue weighted by atomic mass is 16.2. The number of aromatic nitrogens is 1. The number of hydrogen-bond acceptors (Lipinski definition) is 5. The number of nitrogens with one attached hydrogen (secondary N) is 2. The van der Waals surface area contributed by atoms with Gasteiger partial charge >= 0.3 is 0 Å². The molecule has 0 radical (unpaired) electrons. The monoisotopic (exact) mass is 471 g/mol. The van der Waals surface area contributed by atoms with Crippen LogP contribution in [0.25, 0.3) is 0 Å². The van der Waals surface area contributed by atoms with Crippen molar-refractivity contribution in [1.29, 1.82) is 0 Å². The molecule has 0 spiro atoms. The first-order valence-corrected chi connectivity index (χ1v) is 12.1. The molecule has 1 aromatic heterocycles. The van der Waals surface area contributed by atoms with E-state index >= 15 is 0 Å². The first-order chi connectivity index (χ1) is 17.0. The van der Waals surface area contributed by atoms with Crippen molar-refractivity contribution >= 4 is 17.5 Å². The number of anilines is 1. The lowest BCUT2D eigenvalue weighted by atomic mass is 9.97. The lowest BCUT2D eigenvalue weighted by Crippen LogP contribution is -2.36. The number of nitrogens with two attached hydrogens (primary N) is 1. The summed E-state index contributed by atoms with van der Waals surface area (Å²) in [5, 5.41) is 6.39. The minimum Gasteiger partial charge on any atom is -0.380 e. The summed E-state index contributed by atoms with van der Waals surface area (Å²) in [6, 6.07) is 19.4. The number of rotatable bonds is 9. The topological polar surface area (TPSA) is 100 Å². The largest absolute Gasteiger partial charge is 0.380 e. The van der Waals surface area contributed by atoms with E-state index in [9.17, 15) is 9.59 Å². The van der Waals surface area contributed by atoms with Gasteiger partial charge in [0.15, 0.2) is 0 Å². The summed E-state index contributed by atoms with van der Waals surface area (Å²) in [6.45, 7) is 3.48. The summed E-state index contributed by atoms with van der Waals surface area (Å²) in [4.78, 5) is 31.2.